The zero-order chi connectivity index (χ0) is 4.28. The quantitative estimate of drug-likeness (QED) is 0.383. The summed E-state index contributed by atoms with van der Waals surface area (Å²) in [6.07, 6.45) is 0. The second-order valence-corrected chi connectivity index (χ2v) is 1.05. The zero-order valence-corrected chi connectivity index (χ0v) is 3.40. The summed E-state index contributed by atoms with van der Waals surface area (Å²) in [4.78, 5) is 9.43. The molecular weight excluding hydrogens is 176 g/mol. The summed E-state index contributed by atoms with van der Waals surface area (Å²) < 4.78 is 0. The summed E-state index contributed by atoms with van der Waals surface area (Å²) in [6, 6.07) is 0. The predicted octanol–water partition coefficient (Wildman–Crippen LogP) is -1.48. The summed E-state index contributed by atoms with van der Waals surface area (Å²) in [5, 5.41) is 7.22. The zero-order valence-electron chi connectivity index (χ0n) is 2.51. The average molecular weight is 182 g/mol. The third-order valence-electron chi connectivity index (χ3n) is 0.135. The molecule has 1 N–H and O–H groups in total. The van der Waals surface area contributed by atoms with Crippen molar-refractivity contribution in [3.63, 3.8) is 0 Å². The van der Waals surface area contributed by atoms with Crippen LogP contribution in [-0.4, -0.2) is 62.3 Å². The Morgan fingerprint density at radius 1 is 1.83 bits per heavy atom. The molecule has 0 spiro atoms. The van der Waals surface area contributed by atoms with Gasteiger partial charge in [-0.15, -0.1) is 12.6 Å². The molecule has 0 aromatic heterocycles. The fourth-order valence-corrected chi connectivity index (χ4v) is 0. The van der Waals surface area contributed by atoms with E-state index in [1.54, 1.807) is 0 Å². The van der Waals surface area contributed by atoms with Crippen molar-refractivity contribution < 1.29 is 9.90 Å². The Labute approximate surface area is 78.6 Å². The van der Waals surface area contributed by atoms with Gasteiger partial charge < -0.3 is 5.11 Å². The van der Waals surface area contributed by atoms with Gasteiger partial charge in [-0.05, 0) is 0 Å². The van der Waals surface area contributed by atoms with Gasteiger partial charge in [0, 0.05) is 0 Å². The third kappa shape index (κ3) is 9.07. The molecule has 0 fully saturated rings. The van der Waals surface area contributed by atoms with Gasteiger partial charge in [0.15, 0.2) is 0 Å². The molecule has 0 aromatic carbocycles. The van der Waals surface area contributed by atoms with E-state index in [0.29, 0.717) is 0 Å². The Morgan fingerprint density at radius 2 is 2.00 bits per heavy atom. The Balaban J connectivity index is 0. The first-order valence-electron chi connectivity index (χ1n) is 1.10. The molecule has 0 saturated heterocycles. The molecule has 0 saturated carbocycles. The molecule has 2 nitrogen and oxygen atoms in total. The van der Waals surface area contributed by atoms with Crippen LogP contribution >= 0.6 is 12.6 Å². The molecule has 0 heterocycles. The van der Waals surface area contributed by atoms with E-state index in [9.17, 15) is 4.79 Å². The van der Waals surface area contributed by atoms with Crippen molar-refractivity contribution in [3.05, 3.63) is 0 Å². The van der Waals surface area contributed by atoms with Gasteiger partial charge in [-0.2, -0.15) is 0 Å². The van der Waals surface area contributed by atoms with Crippen molar-refractivity contribution >= 4 is 63.2 Å². The fourth-order valence-electron chi connectivity index (χ4n) is 0. The maximum atomic E-state index is 9.43. The molecular formula is C2H6O2SSr. The average Bonchev–Trinajstić information content (AvgIpc) is 1.38. The standard InChI is InChI=1S/C2H4O2S.Sr.2H/c3-1-2(4)5;;;/h3H,1H2,(H,4,5);;;. The van der Waals surface area contributed by atoms with Gasteiger partial charge in [0.05, 0.1) is 0 Å². The van der Waals surface area contributed by atoms with E-state index < -0.39 is 11.7 Å². The number of thiol groups is 1. The molecule has 0 amide bonds. The molecule has 0 aliphatic heterocycles. The Hall–Kier alpha value is 1.46. The first-order valence-corrected chi connectivity index (χ1v) is 1.54. The van der Waals surface area contributed by atoms with Crippen LogP contribution in [0.15, 0.2) is 0 Å². The number of carbonyl (C=O) groups is 1. The van der Waals surface area contributed by atoms with Gasteiger partial charge in [0.2, 0.25) is 5.12 Å². The Morgan fingerprint density at radius 3 is 2.00 bits per heavy atom. The van der Waals surface area contributed by atoms with Crippen LogP contribution in [0.3, 0.4) is 0 Å². The summed E-state index contributed by atoms with van der Waals surface area (Å²) in [5.41, 5.74) is 0. The van der Waals surface area contributed by atoms with Crippen LogP contribution in [0, 0.1) is 0 Å². The van der Waals surface area contributed by atoms with Crippen LogP contribution in [0.4, 0.5) is 0 Å². The molecule has 6 heavy (non-hydrogen) atoms. The number of rotatable bonds is 1. The van der Waals surface area contributed by atoms with Gasteiger partial charge in [0.25, 0.3) is 0 Å². The van der Waals surface area contributed by atoms with Crippen molar-refractivity contribution in [1.82, 2.24) is 0 Å². The number of aliphatic hydroxyl groups excluding tert-OH is 1. The van der Waals surface area contributed by atoms with Gasteiger partial charge in [-0.1, -0.05) is 0 Å². The van der Waals surface area contributed by atoms with Gasteiger partial charge in [0.1, 0.15) is 6.61 Å². The van der Waals surface area contributed by atoms with E-state index in [-0.39, 0.29) is 45.5 Å². The predicted molar refractivity (Wildman–Crippen MR) is 29.6 cm³/mol. The number of hydrogen-bond acceptors (Lipinski definition) is 2. The Bertz CT molecular complexity index is 46.8. The number of carbonyl (C=O) groups excluding carboxylic acids is 1. The van der Waals surface area contributed by atoms with E-state index in [4.69, 9.17) is 5.11 Å². The molecule has 0 aliphatic carbocycles. The van der Waals surface area contributed by atoms with Crippen LogP contribution < -0.4 is 0 Å². The van der Waals surface area contributed by atoms with Crippen LogP contribution in [0.25, 0.3) is 0 Å². The van der Waals surface area contributed by atoms with E-state index >= 15 is 0 Å². The number of aliphatic hydroxyl groups is 1. The van der Waals surface area contributed by atoms with Crippen LogP contribution in [0.1, 0.15) is 0 Å². The number of hydrogen-bond donors (Lipinski definition) is 2. The molecule has 4 heteroatoms. The van der Waals surface area contributed by atoms with Gasteiger partial charge in [-0.25, -0.2) is 0 Å². The van der Waals surface area contributed by atoms with E-state index in [1.165, 1.54) is 0 Å². The third-order valence-corrected chi connectivity index (χ3v) is 0.277. The molecule has 34 valence electrons. The van der Waals surface area contributed by atoms with Crippen LogP contribution in [0.5, 0.6) is 0 Å². The monoisotopic (exact) mass is 182 g/mol. The molecule has 0 aromatic rings. The van der Waals surface area contributed by atoms with Crippen molar-refractivity contribution in [3.8, 4) is 0 Å². The second-order valence-electron chi connectivity index (χ2n) is 0.552. The molecule has 0 bridgehead atoms. The molecule has 0 atom stereocenters. The van der Waals surface area contributed by atoms with Gasteiger partial charge in [-0.3, -0.25) is 4.79 Å². The van der Waals surface area contributed by atoms with Crippen LogP contribution in [-0.2, 0) is 4.79 Å². The van der Waals surface area contributed by atoms with Crippen molar-refractivity contribution in [2.75, 3.05) is 6.61 Å². The minimum atomic E-state index is -0.495. The minimum absolute atomic E-state index is 0. The summed E-state index contributed by atoms with van der Waals surface area (Å²) in [7, 11) is 0. The first-order chi connectivity index (χ1) is 2.27. The first kappa shape index (κ1) is 10.4. The van der Waals surface area contributed by atoms with Gasteiger partial charge >= 0.3 is 45.5 Å². The van der Waals surface area contributed by atoms with Crippen molar-refractivity contribution in [2.24, 2.45) is 0 Å². The normalized spacial score (nSPS) is 6.33. The molecule has 0 rings (SSSR count). The van der Waals surface area contributed by atoms with Crippen molar-refractivity contribution in [1.29, 1.82) is 0 Å². The molecule has 0 radical (unpaired) electrons. The molecule has 0 aliphatic rings. The molecule has 0 unspecified atom stereocenters. The SMILES string of the molecule is O=C(S)CO.[SrH2]. The second kappa shape index (κ2) is 6.46. The van der Waals surface area contributed by atoms with E-state index in [0.717, 1.165) is 0 Å². The summed E-state index contributed by atoms with van der Waals surface area (Å²) in [5.74, 6) is 0. The maximum absolute atomic E-state index is 9.43. The fraction of sp³-hybridized carbons (Fsp3) is 0.500. The Kier molecular flexibility index (Phi) is 11.2. The van der Waals surface area contributed by atoms with Crippen molar-refractivity contribution in [2.45, 2.75) is 0 Å². The van der Waals surface area contributed by atoms with Crippen LogP contribution in [0.2, 0.25) is 0 Å². The summed E-state index contributed by atoms with van der Waals surface area (Å²) >= 11 is 3.21. The summed E-state index contributed by atoms with van der Waals surface area (Å²) in [6.45, 7) is -0.469. The van der Waals surface area contributed by atoms with E-state index in [1.807, 2.05) is 0 Å². The van der Waals surface area contributed by atoms with E-state index in [2.05, 4.69) is 12.6 Å². The topological polar surface area (TPSA) is 37.3 Å².